The maximum atomic E-state index is 4.61. The monoisotopic (exact) mass is 335 g/mol. The van der Waals surface area contributed by atoms with Gasteiger partial charge in [0.2, 0.25) is 5.13 Å². The molecule has 0 fully saturated rings. The number of nitrogens with one attached hydrogen (secondary N) is 1. The lowest BCUT2D eigenvalue weighted by Crippen LogP contribution is -2.05. The van der Waals surface area contributed by atoms with Crippen LogP contribution in [0, 0.1) is 20.8 Å². The van der Waals surface area contributed by atoms with Crippen LogP contribution in [-0.2, 0) is 0 Å². The van der Waals surface area contributed by atoms with Crippen molar-refractivity contribution in [2.45, 2.75) is 27.7 Å². The Kier molecular flexibility index (Phi) is 4.76. The summed E-state index contributed by atoms with van der Waals surface area (Å²) in [4.78, 5) is 4.61. The van der Waals surface area contributed by atoms with E-state index in [0.717, 1.165) is 22.1 Å². The highest BCUT2D eigenvalue weighted by molar-refractivity contribution is 7.14. The Bertz CT molecular complexity index is 856. The fourth-order valence-electron chi connectivity index (χ4n) is 3.00. The van der Waals surface area contributed by atoms with Crippen LogP contribution in [0.2, 0.25) is 0 Å². The third-order valence-electron chi connectivity index (χ3n) is 3.93. The molecule has 3 nitrogen and oxygen atoms in total. The molecule has 24 heavy (non-hydrogen) atoms. The fraction of sp³-hybridized carbons (Fsp3) is 0.200. The Labute approximate surface area is 147 Å². The Hall–Kier alpha value is -2.46. The lowest BCUT2D eigenvalue weighted by Gasteiger charge is -2.10. The number of rotatable bonds is 4. The minimum Gasteiger partial charge on any atom is -0.252 e. The summed E-state index contributed by atoms with van der Waals surface area (Å²) in [5, 5.41) is 7.39. The number of thiazole rings is 1. The van der Waals surface area contributed by atoms with E-state index >= 15 is 0 Å². The lowest BCUT2D eigenvalue weighted by atomic mass is 9.97. The first kappa shape index (κ1) is 16.4. The van der Waals surface area contributed by atoms with Gasteiger partial charge in [0, 0.05) is 16.5 Å². The quantitative estimate of drug-likeness (QED) is 0.500. The average Bonchev–Trinajstić information content (AvgIpc) is 3.02. The highest BCUT2D eigenvalue weighted by atomic mass is 32.1. The zero-order valence-corrected chi connectivity index (χ0v) is 15.2. The first-order valence-electron chi connectivity index (χ1n) is 7.94. The molecule has 0 saturated carbocycles. The molecule has 0 aliphatic heterocycles. The predicted octanol–water partition coefficient (Wildman–Crippen LogP) is 5.57. The van der Waals surface area contributed by atoms with Crippen molar-refractivity contribution in [3.63, 3.8) is 0 Å². The predicted molar refractivity (Wildman–Crippen MR) is 104 cm³/mol. The fourth-order valence-corrected chi connectivity index (χ4v) is 3.67. The van der Waals surface area contributed by atoms with Crippen LogP contribution in [0.4, 0.5) is 5.13 Å². The summed E-state index contributed by atoms with van der Waals surface area (Å²) in [5.74, 6) is 0. The van der Waals surface area contributed by atoms with Crippen LogP contribution >= 0.6 is 11.3 Å². The molecule has 3 aromatic rings. The van der Waals surface area contributed by atoms with Crippen LogP contribution in [0.3, 0.4) is 0 Å². The second-order valence-electron chi connectivity index (χ2n) is 5.99. The molecule has 0 unspecified atom stereocenters. The Morgan fingerprint density at radius 3 is 2.38 bits per heavy atom. The van der Waals surface area contributed by atoms with Crippen LogP contribution in [-0.4, -0.2) is 10.7 Å². The first-order valence-corrected chi connectivity index (χ1v) is 8.82. The molecule has 0 aliphatic rings. The summed E-state index contributed by atoms with van der Waals surface area (Å²) < 4.78 is 0. The van der Waals surface area contributed by atoms with Gasteiger partial charge in [0.1, 0.15) is 0 Å². The van der Waals surface area contributed by atoms with E-state index in [-0.39, 0.29) is 0 Å². The molecule has 2 aromatic carbocycles. The highest BCUT2D eigenvalue weighted by Gasteiger charge is 2.08. The van der Waals surface area contributed by atoms with Gasteiger partial charge in [0.05, 0.1) is 11.4 Å². The Balaban J connectivity index is 1.80. The van der Waals surface area contributed by atoms with Gasteiger partial charge in [-0.05, 0) is 38.8 Å². The largest absolute Gasteiger partial charge is 0.252 e. The summed E-state index contributed by atoms with van der Waals surface area (Å²) in [6.07, 6.45) is 0. The molecular formula is C20H21N3S. The summed E-state index contributed by atoms with van der Waals surface area (Å²) in [6, 6.07) is 14.6. The van der Waals surface area contributed by atoms with Crippen molar-refractivity contribution in [1.82, 2.24) is 4.98 Å². The molecule has 3 rings (SSSR count). The second kappa shape index (κ2) is 6.97. The van der Waals surface area contributed by atoms with Crippen molar-refractivity contribution in [1.29, 1.82) is 0 Å². The smallest absolute Gasteiger partial charge is 0.203 e. The molecule has 0 amide bonds. The van der Waals surface area contributed by atoms with Crippen molar-refractivity contribution >= 4 is 22.2 Å². The van der Waals surface area contributed by atoms with Gasteiger partial charge in [0.15, 0.2) is 0 Å². The molecule has 122 valence electrons. The average molecular weight is 335 g/mol. The van der Waals surface area contributed by atoms with Crippen LogP contribution in [0.5, 0.6) is 0 Å². The van der Waals surface area contributed by atoms with Gasteiger partial charge in [0.25, 0.3) is 0 Å². The summed E-state index contributed by atoms with van der Waals surface area (Å²) in [6.45, 7) is 8.41. The number of aryl methyl sites for hydroxylation is 3. The van der Waals surface area contributed by atoms with Crippen LogP contribution in [0.1, 0.15) is 29.2 Å². The third-order valence-corrected chi connectivity index (χ3v) is 4.68. The summed E-state index contributed by atoms with van der Waals surface area (Å²) >= 11 is 1.56. The number of nitrogens with zero attached hydrogens (tertiary/aromatic N) is 2. The van der Waals surface area contributed by atoms with Gasteiger partial charge in [-0.1, -0.05) is 48.0 Å². The van der Waals surface area contributed by atoms with E-state index in [1.54, 1.807) is 11.3 Å². The zero-order chi connectivity index (χ0) is 17.1. The third kappa shape index (κ3) is 3.54. The topological polar surface area (TPSA) is 37.3 Å². The molecule has 1 heterocycles. The molecule has 0 bridgehead atoms. The normalized spacial score (nSPS) is 11.6. The van der Waals surface area contributed by atoms with E-state index in [0.29, 0.717) is 0 Å². The number of hydrogen-bond acceptors (Lipinski definition) is 4. The SMILES string of the molecule is C/C(=N/Nc1nc(-c2ccccc2)cs1)c1c(C)cc(C)cc1C. The minimum atomic E-state index is 0.802. The van der Waals surface area contributed by atoms with Crippen molar-refractivity contribution in [2.75, 3.05) is 5.43 Å². The number of anilines is 1. The van der Waals surface area contributed by atoms with Gasteiger partial charge >= 0.3 is 0 Å². The molecule has 0 spiro atoms. The lowest BCUT2D eigenvalue weighted by molar-refractivity contribution is 1.25. The molecule has 4 heteroatoms. The van der Waals surface area contributed by atoms with Gasteiger partial charge in [-0.3, -0.25) is 5.43 Å². The molecule has 0 aliphatic carbocycles. The standard InChI is InChI=1S/C20H21N3S/c1-13-10-14(2)19(15(3)11-13)16(4)22-23-20-21-18(12-24-20)17-8-6-5-7-9-17/h5-12H,1-4H3,(H,21,23)/b22-16-. The number of hydrogen-bond donors (Lipinski definition) is 1. The van der Waals surface area contributed by atoms with Crippen LogP contribution in [0.15, 0.2) is 52.9 Å². The molecule has 1 aromatic heterocycles. The van der Waals surface area contributed by atoms with Gasteiger partial charge in [-0.25, -0.2) is 4.98 Å². The first-order chi connectivity index (χ1) is 11.5. The second-order valence-corrected chi connectivity index (χ2v) is 6.84. The van der Waals surface area contributed by atoms with Crippen molar-refractivity contribution in [3.05, 3.63) is 70.1 Å². The number of hydrazone groups is 1. The molecule has 0 saturated heterocycles. The van der Waals surface area contributed by atoms with Gasteiger partial charge in [-0.15, -0.1) is 11.3 Å². The van der Waals surface area contributed by atoms with E-state index < -0.39 is 0 Å². The molecule has 1 N–H and O–H groups in total. The Morgan fingerprint density at radius 1 is 1.04 bits per heavy atom. The summed E-state index contributed by atoms with van der Waals surface area (Å²) in [7, 11) is 0. The van der Waals surface area contributed by atoms with E-state index in [4.69, 9.17) is 0 Å². The van der Waals surface area contributed by atoms with Crippen molar-refractivity contribution in [2.24, 2.45) is 5.10 Å². The van der Waals surface area contributed by atoms with Crippen molar-refractivity contribution < 1.29 is 0 Å². The van der Waals surface area contributed by atoms with Crippen molar-refractivity contribution in [3.8, 4) is 11.3 Å². The summed E-state index contributed by atoms with van der Waals surface area (Å²) in [5.41, 5.74) is 11.1. The maximum absolute atomic E-state index is 4.61. The number of benzene rings is 2. The number of aromatic nitrogens is 1. The van der Waals surface area contributed by atoms with E-state index in [2.05, 4.69) is 60.5 Å². The Morgan fingerprint density at radius 2 is 1.71 bits per heavy atom. The molecule has 0 radical (unpaired) electrons. The van der Waals surface area contributed by atoms with E-state index in [9.17, 15) is 0 Å². The molecular weight excluding hydrogens is 314 g/mol. The van der Waals surface area contributed by atoms with Crippen LogP contribution in [0.25, 0.3) is 11.3 Å². The highest BCUT2D eigenvalue weighted by Crippen LogP contribution is 2.25. The molecule has 0 atom stereocenters. The van der Waals surface area contributed by atoms with Gasteiger partial charge in [-0.2, -0.15) is 5.10 Å². The van der Waals surface area contributed by atoms with E-state index in [1.807, 2.05) is 30.5 Å². The zero-order valence-electron chi connectivity index (χ0n) is 14.4. The minimum absolute atomic E-state index is 0.802. The maximum Gasteiger partial charge on any atom is 0.203 e. The van der Waals surface area contributed by atoms with E-state index in [1.165, 1.54) is 22.3 Å². The van der Waals surface area contributed by atoms with Crippen LogP contribution < -0.4 is 5.43 Å². The van der Waals surface area contributed by atoms with Gasteiger partial charge < -0.3 is 0 Å².